The van der Waals surface area contributed by atoms with Crippen LogP contribution < -0.4 is 0 Å². The van der Waals surface area contributed by atoms with Crippen molar-refractivity contribution >= 4 is 0 Å². The van der Waals surface area contributed by atoms with E-state index in [0.717, 1.165) is 12.5 Å². The Hall–Kier alpha value is 0.648. The topological polar surface area (TPSA) is 9.23 Å². The van der Waals surface area contributed by atoms with Crippen LogP contribution in [0.15, 0.2) is 0 Å². The van der Waals surface area contributed by atoms with E-state index in [1.54, 1.807) is 7.11 Å². The molecule has 0 aliphatic rings. The smallest absolute Gasteiger partial charge is 0 e. The predicted molar refractivity (Wildman–Crippen MR) is 51.4 cm³/mol. The normalized spacial score (nSPS) is 8.50. The second kappa shape index (κ2) is 17.7. The molecule has 0 amide bonds. The molecule has 0 aliphatic carbocycles. The van der Waals surface area contributed by atoms with Gasteiger partial charge >= 0.3 is 0 Å². The fraction of sp³-hybridized carbons (Fsp3) is 0.900. The first kappa shape index (κ1) is 18.4. The van der Waals surface area contributed by atoms with Gasteiger partial charge in [0.15, 0.2) is 0 Å². The van der Waals surface area contributed by atoms with E-state index in [9.17, 15) is 0 Å². The summed E-state index contributed by atoms with van der Waals surface area (Å²) < 4.78 is 4.82. The van der Waals surface area contributed by atoms with Crippen molar-refractivity contribution in [1.82, 2.24) is 0 Å². The van der Waals surface area contributed by atoms with Crippen molar-refractivity contribution in [1.29, 1.82) is 0 Å². The van der Waals surface area contributed by atoms with Gasteiger partial charge in [-0.3, -0.25) is 0 Å². The average molecular weight is 343 g/mol. The largest absolute Gasteiger partial charge is 0.551 e. The van der Waals surface area contributed by atoms with Crippen molar-refractivity contribution in [2.45, 2.75) is 53.4 Å². The van der Waals surface area contributed by atoms with Crippen molar-refractivity contribution in [3.63, 3.8) is 0 Å². The van der Waals surface area contributed by atoms with Crippen LogP contribution in [0.1, 0.15) is 53.4 Å². The Kier molecular flexibility index (Phi) is 27.1. The van der Waals surface area contributed by atoms with E-state index < -0.39 is 0 Å². The standard InChI is InChI=1S/C5H11O.C5H12.W/c1-4-5(2)6-3;1-3-5-4-2;/h4H2,1-3H3;3-5H2,1-2H3;/q-1;;. The molecular formula is C10H23OW-. The number of ether oxygens (including phenoxy) is 1. The second-order valence-corrected chi connectivity index (χ2v) is 2.61. The number of unbranched alkanes of at least 4 members (excludes halogenated alkanes) is 2. The average Bonchev–Trinajstić information content (AvgIpc) is 2.06. The zero-order valence-corrected chi connectivity index (χ0v) is 12.1. The minimum absolute atomic E-state index is 0. The van der Waals surface area contributed by atoms with Gasteiger partial charge in [0.25, 0.3) is 0 Å². The summed E-state index contributed by atoms with van der Waals surface area (Å²) in [6, 6.07) is 0. The first-order chi connectivity index (χ1) is 5.22. The van der Waals surface area contributed by atoms with Gasteiger partial charge in [-0.2, -0.15) is 13.3 Å². The fourth-order valence-corrected chi connectivity index (χ4v) is 0.498. The number of hydrogen-bond acceptors (Lipinski definition) is 1. The van der Waals surface area contributed by atoms with Crippen LogP contribution >= 0.6 is 0 Å². The molecular weight excluding hydrogens is 320 g/mol. The summed E-state index contributed by atoms with van der Waals surface area (Å²) in [4.78, 5) is 0. The van der Waals surface area contributed by atoms with E-state index in [0.29, 0.717) is 0 Å². The van der Waals surface area contributed by atoms with Crippen LogP contribution in [0, 0.1) is 6.10 Å². The van der Waals surface area contributed by atoms with Crippen molar-refractivity contribution in [3.05, 3.63) is 6.10 Å². The minimum atomic E-state index is 0. The Balaban J connectivity index is -0.000000126. The molecule has 0 spiro atoms. The van der Waals surface area contributed by atoms with Crippen molar-refractivity contribution in [3.8, 4) is 0 Å². The summed E-state index contributed by atoms with van der Waals surface area (Å²) in [5.74, 6) is 0. The maximum Gasteiger partial charge on any atom is 0 e. The van der Waals surface area contributed by atoms with Gasteiger partial charge in [0.05, 0.1) is 0 Å². The monoisotopic (exact) mass is 343 g/mol. The summed E-state index contributed by atoms with van der Waals surface area (Å²) in [7, 11) is 1.69. The molecule has 0 saturated carbocycles. The molecule has 0 saturated heterocycles. The number of hydrogen-bond donors (Lipinski definition) is 0. The molecule has 0 radical (unpaired) electrons. The predicted octanol–water partition coefficient (Wildman–Crippen LogP) is 3.79. The van der Waals surface area contributed by atoms with Crippen LogP contribution in [0.4, 0.5) is 0 Å². The SMILES string of the molecule is CCCCC.CC[C-](C)OC.[W]. The molecule has 0 atom stereocenters. The van der Waals surface area contributed by atoms with E-state index in [-0.39, 0.29) is 21.1 Å². The van der Waals surface area contributed by atoms with Gasteiger partial charge in [0.2, 0.25) is 0 Å². The summed E-state index contributed by atoms with van der Waals surface area (Å²) in [5.41, 5.74) is 0. The Morgan fingerprint density at radius 1 is 1.08 bits per heavy atom. The fourth-order valence-electron chi connectivity index (χ4n) is 0.498. The maximum absolute atomic E-state index is 4.82. The van der Waals surface area contributed by atoms with E-state index in [1.807, 2.05) is 6.92 Å². The van der Waals surface area contributed by atoms with Gasteiger partial charge < -0.3 is 4.74 Å². The van der Waals surface area contributed by atoms with Gasteiger partial charge in [-0.15, -0.1) is 0 Å². The van der Waals surface area contributed by atoms with E-state index >= 15 is 0 Å². The Morgan fingerprint density at radius 2 is 1.50 bits per heavy atom. The second-order valence-electron chi connectivity index (χ2n) is 2.61. The van der Waals surface area contributed by atoms with Gasteiger partial charge in [-0.25, -0.2) is 6.10 Å². The molecule has 0 aliphatic heterocycles. The van der Waals surface area contributed by atoms with Crippen molar-refractivity contribution in [2.75, 3.05) is 7.11 Å². The Morgan fingerprint density at radius 3 is 1.50 bits per heavy atom. The molecule has 0 aromatic rings. The molecule has 0 bridgehead atoms. The molecule has 0 fully saturated rings. The van der Waals surface area contributed by atoms with E-state index in [1.165, 1.54) is 19.3 Å². The van der Waals surface area contributed by atoms with E-state index in [4.69, 9.17) is 4.74 Å². The first-order valence-corrected chi connectivity index (χ1v) is 4.59. The van der Waals surface area contributed by atoms with Crippen molar-refractivity contribution < 1.29 is 25.8 Å². The maximum atomic E-state index is 4.82. The molecule has 76 valence electrons. The Labute approximate surface area is 92.5 Å². The van der Waals surface area contributed by atoms with Gasteiger partial charge in [-0.1, -0.05) is 40.0 Å². The van der Waals surface area contributed by atoms with Crippen LogP contribution in [0.25, 0.3) is 0 Å². The van der Waals surface area contributed by atoms with Crippen molar-refractivity contribution in [2.24, 2.45) is 0 Å². The summed E-state index contributed by atoms with van der Waals surface area (Å²) in [6.07, 6.45) is 6.19. The number of methoxy groups -OCH3 is 1. The third kappa shape index (κ3) is 22.4. The molecule has 0 rings (SSSR count). The first-order valence-electron chi connectivity index (χ1n) is 4.59. The van der Waals surface area contributed by atoms with Crippen LogP contribution in [-0.2, 0) is 25.8 Å². The van der Waals surface area contributed by atoms with E-state index in [2.05, 4.69) is 20.8 Å². The molecule has 0 aromatic carbocycles. The third-order valence-corrected chi connectivity index (χ3v) is 1.55. The summed E-state index contributed by atoms with van der Waals surface area (Å²) in [6.45, 7) is 8.46. The molecule has 2 heteroatoms. The quantitative estimate of drug-likeness (QED) is 0.706. The van der Waals surface area contributed by atoms with Crippen LogP contribution in [-0.4, -0.2) is 7.11 Å². The Bertz CT molecular complexity index is 51.8. The molecule has 0 aromatic heterocycles. The van der Waals surface area contributed by atoms with Gasteiger partial charge in [0.1, 0.15) is 0 Å². The molecule has 0 heterocycles. The zero-order valence-electron chi connectivity index (χ0n) is 9.14. The van der Waals surface area contributed by atoms with Crippen LogP contribution in [0.5, 0.6) is 0 Å². The number of rotatable bonds is 4. The molecule has 1 nitrogen and oxygen atoms in total. The van der Waals surface area contributed by atoms with Gasteiger partial charge in [0, 0.05) is 21.1 Å². The molecule has 0 unspecified atom stereocenters. The summed E-state index contributed by atoms with van der Waals surface area (Å²) >= 11 is 0. The van der Waals surface area contributed by atoms with Crippen LogP contribution in [0.3, 0.4) is 0 Å². The zero-order chi connectivity index (χ0) is 9.11. The molecule has 0 N–H and O–H groups in total. The van der Waals surface area contributed by atoms with Crippen LogP contribution in [0.2, 0.25) is 0 Å². The minimum Gasteiger partial charge on any atom is -0.551 e. The third-order valence-electron chi connectivity index (χ3n) is 1.55. The molecule has 12 heavy (non-hydrogen) atoms. The summed E-state index contributed by atoms with van der Waals surface area (Å²) in [5, 5.41) is 0. The van der Waals surface area contributed by atoms with Gasteiger partial charge in [-0.05, 0) is 7.11 Å².